The molecule has 1 aliphatic rings. The predicted molar refractivity (Wildman–Crippen MR) is 88.0 cm³/mol. The lowest BCUT2D eigenvalue weighted by Gasteiger charge is -2.42. The molecule has 0 aromatic carbocycles. The minimum Gasteiger partial charge on any atom is -0.308 e. The van der Waals surface area contributed by atoms with Gasteiger partial charge in [0.1, 0.15) is 0 Å². The first-order valence-corrected chi connectivity index (χ1v) is 8.18. The van der Waals surface area contributed by atoms with Crippen LogP contribution in [0.5, 0.6) is 0 Å². The fraction of sp³-hybridized carbons (Fsp3) is 0.800. The molecule has 0 bridgehead atoms. The summed E-state index contributed by atoms with van der Waals surface area (Å²) in [7, 11) is 4.39. The molecule has 1 N–H and O–H groups in total. The molecule has 1 aromatic heterocycles. The van der Waals surface area contributed by atoms with E-state index >= 15 is 0 Å². The summed E-state index contributed by atoms with van der Waals surface area (Å²) in [5.41, 5.74) is 1.11. The number of piperazine rings is 1. The van der Waals surface area contributed by atoms with Crippen molar-refractivity contribution >= 4 is 11.6 Å². The number of nitrogens with one attached hydrogen (secondary N) is 1. The van der Waals surface area contributed by atoms with E-state index < -0.39 is 0 Å². The van der Waals surface area contributed by atoms with Crippen LogP contribution in [0, 0.1) is 0 Å². The van der Waals surface area contributed by atoms with Gasteiger partial charge < -0.3 is 10.2 Å². The molecule has 120 valence electrons. The molecular formula is C15H28ClN5. The Kier molecular flexibility index (Phi) is 5.66. The Labute approximate surface area is 133 Å². The summed E-state index contributed by atoms with van der Waals surface area (Å²) in [4.78, 5) is 4.82. The van der Waals surface area contributed by atoms with E-state index in [1.165, 1.54) is 0 Å². The number of aromatic nitrogens is 2. The first kappa shape index (κ1) is 16.7. The molecule has 0 spiro atoms. The first-order chi connectivity index (χ1) is 9.95. The van der Waals surface area contributed by atoms with E-state index in [0.717, 1.165) is 36.9 Å². The molecule has 2 rings (SSSR count). The molecular weight excluding hydrogens is 286 g/mol. The van der Waals surface area contributed by atoms with E-state index in [2.05, 4.69) is 59.8 Å². The highest BCUT2D eigenvalue weighted by atomic mass is 35.5. The maximum Gasteiger partial charge on any atom is 0.0834 e. The Morgan fingerprint density at radius 2 is 2.10 bits per heavy atom. The number of halogens is 1. The minimum atomic E-state index is 0.195. The van der Waals surface area contributed by atoms with Gasteiger partial charge in [-0.2, -0.15) is 5.10 Å². The number of nitrogens with zero attached hydrogens (tertiary/aromatic N) is 4. The highest BCUT2D eigenvalue weighted by molar-refractivity contribution is 6.31. The van der Waals surface area contributed by atoms with E-state index in [1.54, 1.807) is 6.20 Å². The zero-order valence-electron chi connectivity index (χ0n) is 13.8. The van der Waals surface area contributed by atoms with Crippen LogP contribution in [0.25, 0.3) is 0 Å². The van der Waals surface area contributed by atoms with E-state index in [1.807, 2.05) is 0 Å². The van der Waals surface area contributed by atoms with Gasteiger partial charge in [-0.3, -0.25) is 9.58 Å². The van der Waals surface area contributed by atoms with Crippen molar-refractivity contribution in [3.05, 3.63) is 16.9 Å². The summed E-state index contributed by atoms with van der Waals surface area (Å²) < 4.78 is 2.05. The molecule has 1 aliphatic heterocycles. The predicted octanol–water partition coefficient (Wildman–Crippen LogP) is 2.01. The molecule has 2 heterocycles. The molecule has 6 heteroatoms. The molecule has 0 amide bonds. The second-order valence-corrected chi connectivity index (χ2v) is 6.67. The molecule has 1 saturated heterocycles. The van der Waals surface area contributed by atoms with Crippen molar-refractivity contribution in [1.82, 2.24) is 24.9 Å². The number of hydrogen-bond acceptors (Lipinski definition) is 4. The van der Waals surface area contributed by atoms with Crippen molar-refractivity contribution in [2.45, 2.75) is 38.9 Å². The van der Waals surface area contributed by atoms with Gasteiger partial charge >= 0.3 is 0 Å². The highest BCUT2D eigenvalue weighted by Gasteiger charge is 2.34. The van der Waals surface area contributed by atoms with Crippen LogP contribution in [0.3, 0.4) is 0 Å². The molecule has 21 heavy (non-hydrogen) atoms. The zero-order valence-corrected chi connectivity index (χ0v) is 14.6. The van der Waals surface area contributed by atoms with E-state index in [9.17, 15) is 0 Å². The summed E-state index contributed by atoms with van der Waals surface area (Å²) in [6, 6.07) is 0.899. The second-order valence-electron chi connectivity index (χ2n) is 6.26. The lowest BCUT2D eigenvalue weighted by atomic mass is 10.00. The zero-order chi connectivity index (χ0) is 15.6. The van der Waals surface area contributed by atoms with Gasteiger partial charge in [-0.25, -0.2) is 0 Å². The third-order valence-electron chi connectivity index (χ3n) is 4.28. The lowest BCUT2D eigenvalue weighted by molar-refractivity contribution is 0.0853. The fourth-order valence-electron chi connectivity index (χ4n) is 3.09. The van der Waals surface area contributed by atoms with Crippen LogP contribution >= 0.6 is 11.6 Å². The smallest absolute Gasteiger partial charge is 0.0834 e. The van der Waals surface area contributed by atoms with Crippen molar-refractivity contribution in [2.75, 3.05) is 40.3 Å². The fourth-order valence-corrected chi connectivity index (χ4v) is 3.34. The second kappa shape index (κ2) is 7.09. The summed E-state index contributed by atoms with van der Waals surface area (Å²) in [6.07, 6.45) is 1.77. The largest absolute Gasteiger partial charge is 0.308 e. The van der Waals surface area contributed by atoms with Crippen LogP contribution in [0.2, 0.25) is 5.02 Å². The summed E-state index contributed by atoms with van der Waals surface area (Å²) in [5, 5.41) is 8.86. The van der Waals surface area contributed by atoms with Gasteiger partial charge in [-0.15, -0.1) is 0 Å². The van der Waals surface area contributed by atoms with Crippen molar-refractivity contribution in [3.63, 3.8) is 0 Å². The van der Waals surface area contributed by atoms with Gasteiger partial charge in [-0.1, -0.05) is 18.5 Å². The lowest BCUT2D eigenvalue weighted by Crippen LogP contribution is -2.55. The van der Waals surface area contributed by atoms with E-state index in [-0.39, 0.29) is 6.04 Å². The van der Waals surface area contributed by atoms with E-state index in [0.29, 0.717) is 12.1 Å². The van der Waals surface area contributed by atoms with Gasteiger partial charge in [0, 0.05) is 31.7 Å². The van der Waals surface area contributed by atoms with Crippen LogP contribution in [0.15, 0.2) is 6.20 Å². The SMILES string of the molecule is CCNC(c1c(Cl)cnn1C(C)C)C1CN(C)CCN1C. The third kappa shape index (κ3) is 3.59. The minimum absolute atomic E-state index is 0.195. The monoisotopic (exact) mass is 313 g/mol. The molecule has 2 atom stereocenters. The first-order valence-electron chi connectivity index (χ1n) is 7.80. The van der Waals surface area contributed by atoms with Crippen LogP contribution in [-0.4, -0.2) is 65.9 Å². The van der Waals surface area contributed by atoms with Gasteiger partial charge in [-0.05, 0) is 34.5 Å². The average molecular weight is 314 g/mol. The Hall–Kier alpha value is -0.620. The normalized spacial score (nSPS) is 22.9. The maximum atomic E-state index is 6.47. The Bertz CT molecular complexity index is 459. The Balaban J connectivity index is 2.36. The van der Waals surface area contributed by atoms with Gasteiger partial charge in [0.15, 0.2) is 0 Å². The molecule has 1 fully saturated rings. The molecule has 5 nitrogen and oxygen atoms in total. The van der Waals surface area contributed by atoms with Crippen LogP contribution in [0.1, 0.15) is 38.5 Å². The number of rotatable bonds is 5. The summed E-state index contributed by atoms with van der Waals surface area (Å²) >= 11 is 6.47. The molecule has 1 aromatic rings. The van der Waals surface area contributed by atoms with E-state index in [4.69, 9.17) is 11.6 Å². The van der Waals surface area contributed by atoms with Crippen LogP contribution in [0.4, 0.5) is 0 Å². The average Bonchev–Trinajstić information content (AvgIpc) is 2.81. The maximum absolute atomic E-state index is 6.47. The molecule has 2 unspecified atom stereocenters. The topological polar surface area (TPSA) is 36.3 Å². The van der Waals surface area contributed by atoms with Gasteiger partial charge in [0.05, 0.1) is 23.0 Å². The van der Waals surface area contributed by atoms with Crippen molar-refractivity contribution < 1.29 is 0 Å². The van der Waals surface area contributed by atoms with Crippen LogP contribution < -0.4 is 5.32 Å². The number of likely N-dealkylation sites (N-methyl/N-ethyl adjacent to an activating group) is 3. The van der Waals surface area contributed by atoms with Gasteiger partial charge in [0.25, 0.3) is 0 Å². The van der Waals surface area contributed by atoms with Crippen LogP contribution in [-0.2, 0) is 0 Å². The summed E-state index contributed by atoms with van der Waals surface area (Å²) in [5.74, 6) is 0. The Morgan fingerprint density at radius 3 is 2.71 bits per heavy atom. The standard InChI is InChI=1S/C15H28ClN5/c1-6-17-14(13-10-19(4)7-8-20(13)5)15-12(16)9-18-21(15)11(2)3/h9,11,13-14,17H,6-8,10H2,1-5H3. The Morgan fingerprint density at radius 1 is 1.38 bits per heavy atom. The van der Waals surface area contributed by atoms with Gasteiger partial charge in [0.2, 0.25) is 0 Å². The molecule has 0 saturated carbocycles. The summed E-state index contributed by atoms with van der Waals surface area (Å²) in [6.45, 7) is 10.6. The molecule has 0 radical (unpaired) electrons. The number of hydrogen-bond donors (Lipinski definition) is 1. The van der Waals surface area contributed by atoms with Crippen molar-refractivity contribution in [2.24, 2.45) is 0 Å². The van der Waals surface area contributed by atoms with Crippen molar-refractivity contribution in [1.29, 1.82) is 0 Å². The third-order valence-corrected chi connectivity index (χ3v) is 4.57. The highest BCUT2D eigenvalue weighted by Crippen LogP contribution is 2.30. The van der Waals surface area contributed by atoms with Crippen molar-refractivity contribution in [3.8, 4) is 0 Å². The quantitative estimate of drug-likeness (QED) is 0.902. The molecule has 0 aliphatic carbocycles.